The van der Waals surface area contributed by atoms with Crippen molar-refractivity contribution in [2.24, 2.45) is 46.3 Å². The number of aliphatic hydroxyl groups excluding tert-OH is 3. The molecule has 4 N–H and O–H groups in total. The number of hydrogen-bond donors (Lipinski definition) is 4. The van der Waals surface area contributed by atoms with E-state index < -0.39 is 29.3 Å². The maximum atomic E-state index is 11.6. The summed E-state index contributed by atoms with van der Waals surface area (Å²) < 4.78 is 0. The number of allylic oxidation sites excluding steroid dienone is 1. The lowest BCUT2D eigenvalue weighted by Gasteiger charge is -2.66. The first-order valence-corrected chi connectivity index (χ1v) is 13.3. The van der Waals surface area contributed by atoms with Gasteiger partial charge in [0, 0.05) is 11.8 Å². The van der Waals surface area contributed by atoms with E-state index in [-0.39, 0.29) is 17.8 Å². The van der Waals surface area contributed by atoms with Gasteiger partial charge in [0.2, 0.25) is 0 Å². The zero-order valence-electron chi connectivity index (χ0n) is 21.1. The lowest BCUT2D eigenvalue weighted by atomic mass is 9.41. The van der Waals surface area contributed by atoms with E-state index >= 15 is 0 Å². The van der Waals surface area contributed by atoms with Crippen molar-refractivity contribution in [1.29, 1.82) is 0 Å². The third-order valence-electron chi connectivity index (χ3n) is 11.4. The monoisotopic (exact) mass is 448 g/mol. The Hall–Kier alpha value is -0.420. The van der Waals surface area contributed by atoms with Crippen LogP contribution in [0.2, 0.25) is 0 Å². The first-order valence-electron chi connectivity index (χ1n) is 13.3. The average Bonchev–Trinajstić information content (AvgIpc) is 3.06. The van der Waals surface area contributed by atoms with Gasteiger partial charge >= 0.3 is 0 Å². The van der Waals surface area contributed by atoms with Gasteiger partial charge < -0.3 is 20.4 Å². The molecule has 0 bridgehead atoms. The Balaban J connectivity index is 1.56. The van der Waals surface area contributed by atoms with Crippen molar-refractivity contribution < 1.29 is 20.4 Å². The summed E-state index contributed by atoms with van der Waals surface area (Å²) in [7, 11) is 0. The predicted octanol–water partition coefficient (Wildman–Crippen LogP) is 4.69. The van der Waals surface area contributed by atoms with Gasteiger partial charge in [0.05, 0.1) is 18.3 Å². The zero-order valence-corrected chi connectivity index (χ0v) is 21.1. The molecule has 0 spiro atoms. The molecule has 0 amide bonds. The first kappa shape index (κ1) is 24.7. The third kappa shape index (κ3) is 3.46. The Labute approximate surface area is 195 Å². The number of hydrogen-bond acceptors (Lipinski definition) is 4. The fraction of sp³-hybridized carbons (Fsp3) is 0.929. The Morgan fingerprint density at radius 1 is 0.969 bits per heavy atom. The van der Waals surface area contributed by atoms with Gasteiger partial charge in [-0.25, -0.2) is 0 Å². The third-order valence-corrected chi connectivity index (χ3v) is 11.4. The lowest BCUT2D eigenvalue weighted by Crippen LogP contribution is -2.72. The number of rotatable bonds is 5. The molecule has 4 nitrogen and oxygen atoms in total. The van der Waals surface area contributed by atoms with Crippen LogP contribution in [0.25, 0.3) is 0 Å². The number of fused-ring (bicyclic) bond motifs is 5. The summed E-state index contributed by atoms with van der Waals surface area (Å²) in [5.41, 5.74) is -0.531. The van der Waals surface area contributed by atoms with Crippen LogP contribution in [0, 0.1) is 46.3 Å². The normalized spacial score (nSPS) is 51.6. The van der Waals surface area contributed by atoms with E-state index in [1.807, 2.05) is 6.92 Å². The van der Waals surface area contributed by atoms with Gasteiger partial charge in [-0.15, -0.1) is 0 Å². The van der Waals surface area contributed by atoms with E-state index in [2.05, 4.69) is 34.3 Å². The topological polar surface area (TPSA) is 80.9 Å². The van der Waals surface area contributed by atoms with Crippen molar-refractivity contribution in [2.45, 2.75) is 116 Å². The van der Waals surface area contributed by atoms with E-state index in [0.717, 1.165) is 19.3 Å². The molecule has 184 valence electrons. The maximum absolute atomic E-state index is 11.6. The van der Waals surface area contributed by atoms with Crippen molar-refractivity contribution in [3.05, 3.63) is 12.2 Å². The van der Waals surface area contributed by atoms with Crippen LogP contribution in [0.3, 0.4) is 0 Å². The summed E-state index contributed by atoms with van der Waals surface area (Å²) in [6.07, 6.45) is 5.55. The first-order chi connectivity index (χ1) is 14.9. The van der Waals surface area contributed by atoms with Crippen LogP contribution in [-0.2, 0) is 0 Å². The molecule has 0 aromatic carbocycles. The van der Waals surface area contributed by atoms with Gasteiger partial charge in [0.15, 0.2) is 0 Å². The van der Waals surface area contributed by atoms with Gasteiger partial charge in [-0.1, -0.05) is 46.8 Å². The highest BCUT2D eigenvalue weighted by Gasteiger charge is 2.70. The van der Waals surface area contributed by atoms with Crippen molar-refractivity contribution in [1.82, 2.24) is 0 Å². The summed E-state index contributed by atoms with van der Waals surface area (Å²) in [6, 6.07) is 0. The molecule has 4 rings (SSSR count). The highest BCUT2D eigenvalue weighted by atomic mass is 16.4. The molecule has 11 atom stereocenters. The van der Waals surface area contributed by atoms with Crippen LogP contribution < -0.4 is 0 Å². The second kappa shape index (κ2) is 8.36. The molecule has 0 aromatic heterocycles. The summed E-state index contributed by atoms with van der Waals surface area (Å²) in [4.78, 5) is 0. The van der Waals surface area contributed by atoms with E-state index in [4.69, 9.17) is 0 Å². The van der Waals surface area contributed by atoms with Crippen molar-refractivity contribution in [2.75, 3.05) is 0 Å². The Morgan fingerprint density at radius 3 is 2.31 bits per heavy atom. The Kier molecular flexibility index (Phi) is 6.45. The van der Waals surface area contributed by atoms with E-state index in [9.17, 15) is 20.4 Å². The summed E-state index contributed by atoms with van der Waals surface area (Å²) in [6.45, 7) is 15.7. The van der Waals surface area contributed by atoms with Crippen LogP contribution in [0.5, 0.6) is 0 Å². The lowest BCUT2D eigenvalue weighted by molar-refractivity contribution is -0.294. The van der Waals surface area contributed by atoms with Gasteiger partial charge in [0.1, 0.15) is 5.60 Å². The summed E-state index contributed by atoms with van der Waals surface area (Å²) in [5.74, 6) is 2.98. The molecular weight excluding hydrogens is 400 g/mol. The molecule has 4 aliphatic rings. The minimum atomic E-state index is -1.40. The van der Waals surface area contributed by atoms with Crippen molar-refractivity contribution >= 4 is 0 Å². The van der Waals surface area contributed by atoms with Gasteiger partial charge in [-0.2, -0.15) is 0 Å². The molecule has 4 heteroatoms. The summed E-state index contributed by atoms with van der Waals surface area (Å²) in [5, 5.41) is 44.2. The van der Waals surface area contributed by atoms with Crippen LogP contribution >= 0.6 is 0 Å². The largest absolute Gasteiger partial charge is 0.393 e. The molecule has 0 aromatic rings. The van der Waals surface area contributed by atoms with Crippen molar-refractivity contribution in [3.63, 3.8) is 0 Å². The number of aliphatic hydroxyl groups is 4. The second-order valence-electron chi connectivity index (χ2n) is 13.0. The molecule has 0 aliphatic heterocycles. The smallest absolute Gasteiger partial charge is 0.101 e. The highest BCUT2D eigenvalue weighted by Crippen LogP contribution is 2.69. The molecule has 0 heterocycles. The van der Waals surface area contributed by atoms with Crippen LogP contribution in [0.15, 0.2) is 12.2 Å². The molecule has 4 saturated carbocycles. The zero-order chi connectivity index (χ0) is 23.6. The van der Waals surface area contributed by atoms with Gasteiger partial charge in [0.25, 0.3) is 0 Å². The Bertz CT molecular complexity index is 720. The quantitative estimate of drug-likeness (QED) is 0.460. The SMILES string of the molecule is C=C(CCC(C)C1CCC2C3CC(O)[C@@]4(O)CC(O)C[C@H](O)C4(C)C3CCC12C)C(C)C. The molecule has 0 radical (unpaired) electrons. The molecule has 4 aliphatic carbocycles. The second-order valence-corrected chi connectivity index (χ2v) is 13.0. The predicted molar refractivity (Wildman–Crippen MR) is 128 cm³/mol. The molecular formula is C28H48O4. The van der Waals surface area contributed by atoms with Crippen LogP contribution in [0.4, 0.5) is 0 Å². The summed E-state index contributed by atoms with van der Waals surface area (Å²) >= 11 is 0. The fourth-order valence-corrected chi connectivity index (χ4v) is 9.21. The fourth-order valence-electron chi connectivity index (χ4n) is 9.21. The molecule has 4 fully saturated rings. The van der Waals surface area contributed by atoms with E-state index in [1.165, 1.54) is 24.8 Å². The maximum Gasteiger partial charge on any atom is 0.101 e. The average molecular weight is 449 g/mol. The minimum Gasteiger partial charge on any atom is -0.393 e. The Morgan fingerprint density at radius 2 is 1.66 bits per heavy atom. The minimum absolute atomic E-state index is 0.173. The molecule has 9 unspecified atom stereocenters. The van der Waals surface area contributed by atoms with Crippen LogP contribution in [0.1, 0.15) is 92.4 Å². The molecule has 32 heavy (non-hydrogen) atoms. The van der Waals surface area contributed by atoms with Crippen LogP contribution in [-0.4, -0.2) is 44.3 Å². The standard InChI is InChI=1S/C28H48O4/c1-16(2)17(3)7-8-18(4)21-9-10-22-20-14-25(31)28(32)15-19(29)13-24(30)27(28,6)23(20)11-12-26(21,22)5/h16,18-25,29-32H,3,7-15H2,1-2,4-6H3/t18?,19?,20?,21?,22?,23?,24-,25?,26?,27?,28-/m0/s1. The van der Waals surface area contributed by atoms with E-state index in [0.29, 0.717) is 42.4 Å². The molecule has 0 saturated heterocycles. The van der Waals surface area contributed by atoms with E-state index in [1.54, 1.807) is 0 Å². The van der Waals surface area contributed by atoms with Gasteiger partial charge in [-0.05, 0) is 92.3 Å². The highest BCUT2D eigenvalue weighted by molar-refractivity contribution is 5.19. The van der Waals surface area contributed by atoms with Gasteiger partial charge in [-0.3, -0.25) is 0 Å². The van der Waals surface area contributed by atoms with Crippen molar-refractivity contribution in [3.8, 4) is 0 Å².